The van der Waals surface area contributed by atoms with Crippen LogP contribution in [0.1, 0.15) is 12.5 Å². The average Bonchev–Trinajstić information content (AvgIpc) is 2.56. The molecule has 0 saturated carbocycles. The topological polar surface area (TPSA) is 66.4 Å². The quantitative estimate of drug-likeness (QED) is 0.780. The van der Waals surface area contributed by atoms with Crippen molar-refractivity contribution in [2.24, 2.45) is 0 Å². The Labute approximate surface area is 85.6 Å². The molecule has 1 aromatic heterocycles. The van der Waals surface area contributed by atoms with Gasteiger partial charge in [-0.1, -0.05) is 0 Å². The summed E-state index contributed by atoms with van der Waals surface area (Å²) in [7, 11) is 0. The maximum atomic E-state index is 11.3. The van der Waals surface area contributed by atoms with E-state index in [4.69, 9.17) is 5.11 Å². The number of carboxylic acids is 1. The highest BCUT2D eigenvalue weighted by atomic mass is 32.1. The van der Waals surface area contributed by atoms with Crippen molar-refractivity contribution in [3.05, 3.63) is 22.4 Å². The van der Waals surface area contributed by atoms with E-state index in [9.17, 15) is 9.59 Å². The third kappa shape index (κ3) is 3.18. The first-order valence-corrected chi connectivity index (χ1v) is 5.07. The van der Waals surface area contributed by atoms with Crippen LogP contribution in [0.2, 0.25) is 0 Å². The van der Waals surface area contributed by atoms with E-state index in [1.807, 2.05) is 16.8 Å². The summed E-state index contributed by atoms with van der Waals surface area (Å²) in [6.07, 6.45) is 0.237. The number of aliphatic carboxylic acids is 1. The molecule has 0 unspecified atom stereocenters. The van der Waals surface area contributed by atoms with Crippen molar-refractivity contribution in [3.63, 3.8) is 0 Å². The zero-order valence-corrected chi connectivity index (χ0v) is 8.50. The summed E-state index contributed by atoms with van der Waals surface area (Å²) in [5, 5.41) is 14.7. The highest BCUT2D eigenvalue weighted by Gasteiger charge is 2.13. The van der Waals surface area contributed by atoms with E-state index in [1.54, 1.807) is 0 Å². The summed E-state index contributed by atoms with van der Waals surface area (Å²) < 4.78 is 0. The number of rotatable bonds is 4. The molecule has 1 atom stereocenters. The molecule has 0 aliphatic carbocycles. The number of hydrogen-bond acceptors (Lipinski definition) is 3. The highest BCUT2D eigenvalue weighted by molar-refractivity contribution is 7.07. The van der Waals surface area contributed by atoms with Crippen LogP contribution >= 0.6 is 11.3 Å². The Morgan fingerprint density at radius 2 is 2.36 bits per heavy atom. The molecule has 0 spiro atoms. The van der Waals surface area contributed by atoms with Crippen LogP contribution in [0.4, 0.5) is 0 Å². The van der Waals surface area contributed by atoms with Gasteiger partial charge in [0.2, 0.25) is 5.91 Å². The standard InChI is InChI=1S/C9H11NO3S/c1-6(9(12)13)10-8(11)4-7-2-3-14-5-7/h2-3,5-6H,4H2,1H3,(H,10,11)(H,12,13)/t6-/m1/s1. The van der Waals surface area contributed by atoms with Gasteiger partial charge in [0, 0.05) is 0 Å². The van der Waals surface area contributed by atoms with Crippen LogP contribution in [0.3, 0.4) is 0 Å². The maximum absolute atomic E-state index is 11.3. The lowest BCUT2D eigenvalue weighted by molar-refractivity contribution is -0.141. The van der Waals surface area contributed by atoms with E-state index < -0.39 is 12.0 Å². The second-order valence-electron chi connectivity index (χ2n) is 2.94. The molecule has 5 heteroatoms. The summed E-state index contributed by atoms with van der Waals surface area (Å²) in [4.78, 5) is 21.7. The van der Waals surface area contributed by atoms with Crippen molar-refractivity contribution in [2.45, 2.75) is 19.4 Å². The first kappa shape index (κ1) is 10.7. The lowest BCUT2D eigenvalue weighted by atomic mass is 10.2. The average molecular weight is 213 g/mol. The fourth-order valence-corrected chi connectivity index (χ4v) is 1.60. The van der Waals surface area contributed by atoms with Crippen LogP contribution in [0.5, 0.6) is 0 Å². The van der Waals surface area contributed by atoms with Crippen molar-refractivity contribution in [1.82, 2.24) is 5.32 Å². The smallest absolute Gasteiger partial charge is 0.325 e. The monoisotopic (exact) mass is 213 g/mol. The summed E-state index contributed by atoms with van der Waals surface area (Å²) in [6.45, 7) is 1.44. The van der Waals surface area contributed by atoms with Crippen LogP contribution in [-0.2, 0) is 16.0 Å². The van der Waals surface area contributed by atoms with E-state index in [1.165, 1.54) is 18.3 Å². The number of hydrogen-bond donors (Lipinski definition) is 2. The van der Waals surface area contributed by atoms with Gasteiger partial charge in [-0.2, -0.15) is 11.3 Å². The van der Waals surface area contributed by atoms with Crippen LogP contribution in [0, 0.1) is 0 Å². The third-order valence-electron chi connectivity index (χ3n) is 1.69. The van der Waals surface area contributed by atoms with E-state index in [-0.39, 0.29) is 12.3 Å². The molecule has 14 heavy (non-hydrogen) atoms. The SMILES string of the molecule is C[C@@H](NC(=O)Cc1ccsc1)C(=O)O. The molecule has 4 nitrogen and oxygen atoms in total. The number of nitrogens with one attached hydrogen (secondary N) is 1. The molecule has 1 amide bonds. The minimum atomic E-state index is -1.02. The van der Waals surface area contributed by atoms with Crippen LogP contribution in [-0.4, -0.2) is 23.0 Å². The third-order valence-corrected chi connectivity index (χ3v) is 2.42. The second kappa shape index (κ2) is 4.76. The number of thiophene rings is 1. The number of carboxylic acid groups (broad SMARTS) is 1. The first-order valence-electron chi connectivity index (χ1n) is 4.13. The zero-order valence-electron chi connectivity index (χ0n) is 7.69. The Hall–Kier alpha value is -1.36. The molecule has 0 bridgehead atoms. The molecule has 1 aromatic rings. The van der Waals surface area contributed by atoms with Gasteiger partial charge in [0.05, 0.1) is 6.42 Å². The van der Waals surface area contributed by atoms with E-state index in [2.05, 4.69) is 5.32 Å². The predicted octanol–water partition coefficient (Wildman–Crippen LogP) is 0.880. The molecule has 0 aliphatic heterocycles. The second-order valence-corrected chi connectivity index (χ2v) is 3.72. The van der Waals surface area contributed by atoms with Crippen molar-refractivity contribution in [2.75, 3.05) is 0 Å². The predicted molar refractivity (Wildman–Crippen MR) is 53.3 cm³/mol. The lowest BCUT2D eigenvalue weighted by Gasteiger charge is -2.07. The molecule has 0 radical (unpaired) electrons. The van der Waals surface area contributed by atoms with Crippen LogP contribution in [0.25, 0.3) is 0 Å². The summed E-state index contributed by atoms with van der Waals surface area (Å²) in [6, 6.07) is 1.01. The van der Waals surface area contributed by atoms with Crippen molar-refractivity contribution < 1.29 is 14.7 Å². The van der Waals surface area contributed by atoms with Crippen molar-refractivity contribution in [3.8, 4) is 0 Å². The van der Waals surface area contributed by atoms with Gasteiger partial charge >= 0.3 is 5.97 Å². The van der Waals surface area contributed by atoms with Gasteiger partial charge in [-0.25, -0.2) is 0 Å². The maximum Gasteiger partial charge on any atom is 0.325 e. The van der Waals surface area contributed by atoms with Gasteiger partial charge in [0.25, 0.3) is 0 Å². The Morgan fingerprint density at radius 1 is 1.64 bits per heavy atom. The molecule has 0 saturated heterocycles. The zero-order chi connectivity index (χ0) is 10.6. The highest BCUT2D eigenvalue weighted by Crippen LogP contribution is 2.06. The lowest BCUT2D eigenvalue weighted by Crippen LogP contribution is -2.39. The number of carbonyl (C=O) groups is 2. The minimum absolute atomic E-state index is 0.237. The van der Waals surface area contributed by atoms with Crippen LogP contribution in [0.15, 0.2) is 16.8 Å². The Balaban J connectivity index is 2.40. The van der Waals surface area contributed by atoms with Gasteiger partial charge in [-0.05, 0) is 29.3 Å². The summed E-state index contributed by atoms with van der Waals surface area (Å²) in [5.74, 6) is -1.29. The van der Waals surface area contributed by atoms with E-state index in [0.29, 0.717) is 0 Å². The van der Waals surface area contributed by atoms with E-state index >= 15 is 0 Å². The Morgan fingerprint density at radius 3 is 2.86 bits per heavy atom. The van der Waals surface area contributed by atoms with Gasteiger partial charge in [0.15, 0.2) is 0 Å². The van der Waals surface area contributed by atoms with E-state index in [0.717, 1.165) is 5.56 Å². The number of carbonyl (C=O) groups excluding carboxylic acids is 1. The normalized spacial score (nSPS) is 12.1. The van der Waals surface area contributed by atoms with Gasteiger partial charge in [-0.15, -0.1) is 0 Å². The fraction of sp³-hybridized carbons (Fsp3) is 0.333. The molecule has 0 aliphatic rings. The molecule has 0 aromatic carbocycles. The van der Waals surface area contributed by atoms with Gasteiger partial charge in [0.1, 0.15) is 6.04 Å². The molecule has 1 heterocycles. The van der Waals surface area contributed by atoms with Crippen LogP contribution < -0.4 is 5.32 Å². The first-order chi connectivity index (χ1) is 6.59. The molecule has 0 fully saturated rings. The molecular formula is C9H11NO3S. The molecule has 76 valence electrons. The molecule has 2 N–H and O–H groups in total. The molecular weight excluding hydrogens is 202 g/mol. The van der Waals surface area contributed by atoms with Crippen molar-refractivity contribution in [1.29, 1.82) is 0 Å². The Bertz CT molecular complexity index is 321. The molecule has 1 rings (SSSR count). The Kier molecular flexibility index (Phi) is 3.64. The fourth-order valence-electron chi connectivity index (χ4n) is 0.933. The number of amides is 1. The van der Waals surface area contributed by atoms with Gasteiger partial charge < -0.3 is 10.4 Å². The van der Waals surface area contributed by atoms with Gasteiger partial charge in [-0.3, -0.25) is 9.59 Å². The summed E-state index contributed by atoms with van der Waals surface area (Å²) in [5.41, 5.74) is 0.907. The van der Waals surface area contributed by atoms with Crippen molar-refractivity contribution >= 4 is 23.2 Å². The largest absolute Gasteiger partial charge is 0.480 e. The summed E-state index contributed by atoms with van der Waals surface area (Å²) >= 11 is 1.51. The minimum Gasteiger partial charge on any atom is -0.480 e.